The van der Waals surface area contributed by atoms with Crippen LogP contribution in [0.5, 0.6) is 5.88 Å². The number of carboxylic acids is 1. The van der Waals surface area contributed by atoms with Gasteiger partial charge in [0.25, 0.3) is 0 Å². The molecule has 1 saturated heterocycles. The standard InChI is InChI=1S/C22H20FN7O5S/c1-10-15-17(31)12(21(33)34)9-30(22-24-4-5-36-22)18(15)26-19(16(10)23)29-7-11(8-29)20(32)25-13-6-14(35-3)28(2)27-13/h4-6,9,11H,7-8H2,1-3H3,(H,33,34)(H,25,27,32). The molecule has 36 heavy (non-hydrogen) atoms. The SMILES string of the molecule is COc1cc(NC(=O)C2CN(c3nc4c(c(C)c3F)c(=O)c(C(=O)O)cn4-c3nccs3)C2)nn1C. The van der Waals surface area contributed by atoms with E-state index in [1.54, 1.807) is 23.4 Å². The Hall–Kier alpha value is -4.33. The van der Waals surface area contributed by atoms with Crippen LogP contribution in [0.3, 0.4) is 0 Å². The van der Waals surface area contributed by atoms with Gasteiger partial charge in [-0.05, 0) is 6.92 Å². The molecule has 186 valence electrons. The third kappa shape index (κ3) is 3.75. The number of amides is 1. The van der Waals surface area contributed by atoms with Crippen LogP contribution in [0.15, 0.2) is 28.6 Å². The van der Waals surface area contributed by atoms with Crippen molar-refractivity contribution in [3.8, 4) is 11.0 Å². The van der Waals surface area contributed by atoms with Crippen molar-refractivity contribution in [1.82, 2.24) is 24.3 Å². The van der Waals surface area contributed by atoms with E-state index in [1.807, 2.05) is 0 Å². The fraction of sp³-hybridized carbons (Fsp3) is 0.273. The maximum absolute atomic E-state index is 15.4. The van der Waals surface area contributed by atoms with Gasteiger partial charge in [0.05, 0.1) is 18.4 Å². The molecular formula is C22H20FN7O5S. The number of nitrogens with one attached hydrogen (secondary N) is 1. The quantitative estimate of drug-likeness (QED) is 0.394. The molecule has 1 aliphatic heterocycles. The number of methoxy groups -OCH3 is 1. The first-order chi connectivity index (χ1) is 17.2. The van der Waals surface area contributed by atoms with Crippen LogP contribution >= 0.6 is 11.3 Å². The molecule has 5 rings (SSSR count). The molecule has 1 fully saturated rings. The Morgan fingerprint density at radius 2 is 2.08 bits per heavy atom. The summed E-state index contributed by atoms with van der Waals surface area (Å²) in [6.45, 7) is 1.79. The van der Waals surface area contributed by atoms with Gasteiger partial charge in [-0.2, -0.15) is 5.10 Å². The summed E-state index contributed by atoms with van der Waals surface area (Å²) in [5, 5.41) is 18.3. The number of rotatable bonds is 6. The van der Waals surface area contributed by atoms with Crippen molar-refractivity contribution in [1.29, 1.82) is 0 Å². The van der Waals surface area contributed by atoms with Gasteiger partial charge in [0.1, 0.15) is 5.56 Å². The smallest absolute Gasteiger partial charge is 0.341 e. The van der Waals surface area contributed by atoms with Crippen LogP contribution in [0.1, 0.15) is 15.9 Å². The fourth-order valence-electron chi connectivity index (χ4n) is 4.07. The van der Waals surface area contributed by atoms with Gasteiger partial charge in [0.15, 0.2) is 28.2 Å². The van der Waals surface area contributed by atoms with Crippen molar-refractivity contribution < 1.29 is 23.8 Å². The van der Waals surface area contributed by atoms with Crippen LogP contribution < -0.4 is 20.4 Å². The molecule has 0 unspecified atom stereocenters. The highest BCUT2D eigenvalue weighted by atomic mass is 32.1. The number of aromatic carboxylic acids is 1. The summed E-state index contributed by atoms with van der Waals surface area (Å²) in [6.07, 6.45) is 2.67. The Morgan fingerprint density at radius 1 is 1.33 bits per heavy atom. The Kier molecular flexibility index (Phi) is 5.67. The van der Waals surface area contributed by atoms with E-state index in [1.165, 1.54) is 40.8 Å². The summed E-state index contributed by atoms with van der Waals surface area (Å²) in [7, 11) is 3.18. The average molecular weight is 514 g/mol. The third-order valence-electron chi connectivity index (χ3n) is 6.00. The molecule has 2 N–H and O–H groups in total. The lowest BCUT2D eigenvalue weighted by Crippen LogP contribution is -2.53. The Balaban J connectivity index is 1.48. The second-order valence-electron chi connectivity index (χ2n) is 8.22. The Bertz CT molecular complexity index is 1570. The molecule has 14 heteroatoms. The normalized spacial score (nSPS) is 13.6. The number of carboxylic acid groups (broad SMARTS) is 1. The number of aryl methyl sites for hydroxylation is 2. The molecule has 1 amide bonds. The van der Waals surface area contributed by atoms with E-state index >= 15 is 4.39 Å². The van der Waals surface area contributed by atoms with Crippen molar-refractivity contribution in [2.75, 3.05) is 30.4 Å². The molecule has 0 spiro atoms. The highest BCUT2D eigenvalue weighted by molar-refractivity contribution is 7.12. The first-order valence-corrected chi connectivity index (χ1v) is 11.6. The van der Waals surface area contributed by atoms with Gasteiger partial charge in [0.2, 0.25) is 17.2 Å². The van der Waals surface area contributed by atoms with Gasteiger partial charge in [-0.25, -0.2) is 23.8 Å². The zero-order valence-corrected chi connectivity index (χ0v) is 20.2. The molecule has 0 aromatic carbocycles. The lowest BCUT2D eigenvalue weighted by Gasteiger charge is -2.39. The second kappa shape index (κ2) is 8.71. The number of hydrogen-bond donors (Lipinski definition) is 2. The van der Waals surface area contributed by atoms with Crippen LogP contribution in [0, 0.1) is 18.7 Å². The minimum absolute atomic E-state index is 0.0260. The summed E-state index contributed by atoms with van der Waals surface area (Å²) in [6, 6.07) is 1.59. The average Bonchev–Trinajstić information content (AvgIpc) is 3.45. The molecule has 0 aliphatic carbocycles. The fourth-order valence-corrected chi connectivity index (χ4v) is 4.69. The summed E-state index contributed by atoms with van der Waals surface area (Å²) < 4.78 is 23.4. The first-order valence-electron chi connectivity index (χ1n) is 10.7. The van der Waals surface area contributed by atoms with Crippen molar-refractivity contribution in [3.05, 3.63) is 51.0 Å². The predicted octanol–water partition coefficient (Wildman–Crippen LogP) is 1.80. The summed E-state index contributed by atoms with van der Waals surface area (Å²) in [5.41, 5.74) is -1.28. The van der Waals surface area contributed by atoms with Crippen LogP contribution in [-0.2, 0) is 11.8 Å². The summed E-state index contributed by atoms with van der Waals surface area (Å²) >= 11 is 1.21. The van der Waals surface area contributed by atoms with Crippen molar-refractivity contribution in [3.63, 3.8) is 0 Å². The molecular weight excluding hydrogens is 493 g/mol. The van der Waals surface area contributed by atoms with Crippen LogP contribution in [0.25, 0.3) is 16.2 Å². The van der Waals surface area contributed by atoms with E-state index in [0.717, 1.165) is 6.20 Å². The van der Waals surface area contributed by atoms with Gasteiger partial charge in [-0.1, -0.05) is 0 Å². The van der Waals surface area contributed by atoms with E-state index in [4.69, 9.17) is 4.74 Å². The maximum Gasteiger partial charge on any atom is 0.341 e. The van der Waals surface area contributed by atoms with E-state index in [2.05, 4.69) is 20.4 Å². The monoisotopic (exact) mass is 513 g/mol. The van der Waals surface area contributed by atoms with Gasteiger partial charge < -0.3 is 20.1 Å². The highest BCUT2D eigenvalue weighted by Crippen LogP contribution is 2.32. The van der Waals surface area contributed by atoms with E-state index in [-0.39, 0.29) is 41.4 Å². The zero-order chi connectivity index (χ0) is 25.7. The molecule has 0 radical (unpaired) electrons. The van der Waals surface area contributed by atoms with Crippen molar-refractivity contribution in [2.24, 2.45) is 13.0 Å². The third-order valence-corrected chi connectivity index (χ3v) is 6.77. The van der Waals surface area contributed by atoms with E-state index in [9.17, 15) is 19.5 Å². The number of pyridine rings is 2. The largest absolute Gasteiger partial charge is 0.481 e. The van der Waals surface area contributed by atoms with Gasteiger partial charge in [-0.3, -0.25) is 14.2 Å². The molecule has 0 bridgehead atoms. The number of hydrogen-bond acceptors (Lipinski definition) is 9. The van der Waals surface area contributed by atoms with E-state index < -0.39 is 28.7 Å². The summed E-state index contributed by atoms with van der Waals surface area (Å²) in [4.78, 5) is 47.4. The maximum atomic E-state index is 15.4. The topological polar surface area (TPSA) is 144 Å². The number of aromatic nitrogens is 5. The second-order valence-corrected chi connectivity index (χ2v) is 9.09. The highest BCUT2D eigenvalue weighted by Gasteiger charge is 2.36. The van der Waals surface area contributed by atoms with Gasteiger partial charge in [-0.15, -0.1) is 11.3 Å². The molecule has 4 aromatic heterocycles. The molecule has 12 nitrogen and oxygen atoms in total. The summed E-state index contributed by atoms with van der Waals surface area (Å²) in [5.74, 6) is -2.11. The van der Waals surface area contributed by atoms with Gasteiger partial charge in [0, 0.05) is 49.5 Å². The first kappa shape index (κ1) is 23.4. The lowest BCUT2D eigenvalue weighted by molar-refractivity contribution is -0.120. The van der Waals surface area contributed by atoms with E-state index in [0.29, 0.717) is 16.8 Å². The number of ether oxygens (including phenoxy) is 1. The van der Waals surface area contributed by atoms with Crippen LogP contribution in [-0.4, -0.2) is 61.5 Å². The number of thiazole rings is 1. The molecule has 0 saturated carbocycles. The number of nitrogens with zero attached hydrogens (tertiary/aromatic N) is 6. The Morgan fingerprint density at radius 3 is 2.69 bits per heavy atom. The minimum atomic E-state index is -1.43. The predicted molar refractivity (Wildman–Crippen MR) is 129 cm³/mol. The molecule has 4 aromatic rings. The van der Waals surface area contributed by atoms with Crippen molar-refractivity contribution in [2.45, 2.75) is 6.92 Å². The molecule has 0 atom stereocenters. The number of anilines is 2. The van der Waals surface area contributed by atoms with Gasteiger partial charge >= 0.3 is 5.97 Å². The Labute approximate surface area is 206 Å². The molecule has 5 heterocycles. The molecule has 1 aliphatic rings. The number of halogens is 1. The number of carbonyl (C=O) groups is 2. The van der Waals surface area contributed by atoms with Crippen LogP contribution in [0.2, 0.25) is 0 Å². The number of fused-ring (bicyclic) bond motifs is 1. The number of carbonyl (C=O) groups excluding carboxylic acids is 1. The zero-order valence-electron chi connectivity index (χ0n) is 19.4. The van der Waals surface area contributed by atoms with Crippen molar-refractivity contribution >= 4 is 45.9 Å². The lowest BCUT2D eigenvalue weighted by atomic mass is 9.98. The van der Waals surface area contributed by atoms with Crippen LogP contribution in [0.4, 0.5) is 16.0 Å². The minimum Gasteiger partial charge on any atom is -0.481 e.